The molecule has 0 aliphatic heterocycles. The molecule has 1 nitrogen and oxygen atoms in total. The van der Waals surface area contributed by atoms with Gasteiger partial charge in [-0.25, -0.2) is 4.39 Å². The van der Waals surface area contributed by atoms with E-state index in [1.165, 1.54) is 17.7 Å². The summed E-state index contributed by atoms with van der Waals surface area (Å²) in [6.45, 7) is 4.06. The van der Waals surface area contributed by atoms with Crippen LogP contribution in [-0.2, 0) is 6.42 Å². The molecule has 0 spiro atoms. The largest absolute Gasteiger partial charge is 0.320 e. The molecule has 100 valence electrons. The average Bonchev–Trinajstić information content (AvgIpc) is 2.39. The van der Waals surface area contributed by atoms with Crippen LogP contribution >= 0.6 is 0 Å². The number of hydrogen-bond acceptors (Lipinski definition) is 1. The smallest absolute Gasteiger partial charge is 0.123 e. The Hall–Kier alpha value is -1.67. The Kier molecular flexibility index (Phi) is 4.33. The SMILES string of the molecule is CCCc1ccc(C(N)c2ccc(F)cc2C)cc1. The number of benzene rings is 2. The Morgan fingerprint density at radius 3 is 2.37 bits per heavy atom. The molecule has 0 fully saturated rings. The fourth-order valence-corrected chi connectivity index (χ4v) is 2.35. The molecular formula is C17H20FN. The topological polar surface area (TPSA) is 26.0 Å². The van der Waals surface area contributed by atoms with E-state index in [4.69, 9.17) is 5.73 Å². The first-order chi connectivity index (χ1) is 9.11. The predicted octanol–water partition coefficient (Wildman–Crippen LogP) is 4.13. The Bertz CT molecular complexity index is 546. The highest BCUT2D eigenvalue weighted by Crippen LogP contribution is 2.23. The fourth-order valence-electron chi connectivity index (χ4n) is 2.35. The molecule has 0 aliphatic carbocycles. The Balaban J connectivity index is 2.25. The van der Waals surface area contributed by atoms with Crippen LogP contribution in [-0.4, -0.2) is 0 Å². The number of hydrogen-bond donors (Lipinski definition) is 1. The lowest BCUT2D eigenvalue weighted by atomic mass is 9.94. The lowest BCUT2D eigenvalue weighted by Gasteiger charge is -2.15. The minimum absolute atomic E-state index is 0.198. The zero-order valence-corrected chi connectivity index (χ0v) is 11.5. The van der Waals surface area contributed by atoms with Gasteiger partial charge in [-0.1, -0.05) is 43.7 Å². The van der Waals surface area contributed by atoms with Crippen LogP contribution in [0.1, 0.15) is 41.6 Å². The molecule has 2 rings (SSSR count). The molecule has 2 aromatic rings. The summed E-state index contributed by atoms with van der Waals surface area (Å²) in [7, 11) is 0. The standard InChI is InChI=1S/C17H20FN/c1-3-4-13-5-7-14(8-6-13)17(19)16-10-9-15(18)11-12(16)2/h5-11,17H,3-4,19H2,1-2H3. The Morgan fingerprint density at radius 2 is 1.79 bits per heavy atom. The number of halogens is 1. The van der Waals surface area contributed by atoms with E-state index in [0.29, 0.717) is 0 Å². The first-order valence-electron chi connectivity index (χ1n) is 6.72. The highest BCUT2D eigenvalue weighted by Gasteiger charge is 2.11. The summed E-state index contributed by atoms with van der Waals surface area (Å²) < 4.78 is 13.1. The van der Waals surface area contributed by atoms with Gasteiger partial charge in [-0.15, -0.1) is 0 Å². The summed E-state index contributed by atoms with van der Waals surface area (Å²) >= 11 is 0. The van der Waals surface area contributed by atoms with Crippen molar-refractivity contribution in [3.8, 4) is 0 Å². The Morgan fingerprint density at radius 1 is 1.11 bits per heavy atom. The van der Waals surface area contributed by atoms with E-state index in [1.807, 2.05) is 6.92 Å². The van der Waals surface area contributed by atoms with Gasteiger partial charge in [0, 0.05) is 0 Å². The molecule has 0 bridgehead atoms. The van der Waals surface area contributed by atoms with Crippen molar-refractivity contribution in [3.63, 3.8) is 0 Å². The first-order valence-corrected chi connectivity index (χ1v) is 6.72. The molecule has 0 saturated heterocycles. The number of rotatable bonds is 4. The molecule has 1 atom stereocenters. The average molecular weight is 257 g/mol. The van der Waals surface area contributed by atoms with Crippen molar-refractivity contribution in [2.75, 3.05) is 0 Å². The summed E-state index contributed by atoms with van der Waals surface area (Å²) in [6.07, 6.45) is 2.23. The van der Waals surface area contributed by atoms with Crippen molar-refractivity contribution in [2.24, 2.45) is 5.73 Å². The highest BCUT2D eigenvalue weighted by atomic mass is 19.1. The molecular weight excluding hydrogens is 237 g/mol. The fraction of sp³-hybridized carbons (Fsp3) is 0.294. The van der Waals surface area contributed by atoms with E-state index in [1.54, 1.807) is 6.07 Å². The van der Waals surface area contributed by atoms with Crippen LogP contribution in [0.4, 0.5) is 4.39 Å². The summed E-state index contributed by atoms with van der Waals surface area (Å²) in [4.78, 5) is 0. The molecule has 1 unspecified atom stereocenters. The molecule has 2 aromatic carbocycles. The first kappa shape index (κ1) is 13.8. The minimum Gasteiger partial charge on any atom is -0.320 e. The third-order valence-corrected chi connectivity index (χ3v) is 3.44. The maximum absolute atomic E-state index is 13.1. The van der Waals surface area contributed by atoms with Crippen LogP contribution < -0.4 is 5.73 Å². The lowest BCUT2D eigenvalue weighted by molar-refractivity contribution is 0.624. The molecule has 0 amide bonds. The van der Waals surface area contributed by atoms with E-state index >= 15 is 0 Å². The van der Waals surface area contributed by atoms with Crippen LogP contribution in [0.15, 0.2) is 42.5 Å². The summed E-state index contributed by atoms with van der Waals surface area (Å²) in [5.74, 6) is -0.216. The van der Waals surface area contributed by atoms with Gasteiger partial charge in [0.05, 0.1) is 6.04 Å². The molecule has 0 aromatic heterocycles. The molecule has 19 heavy (non-hydrogen) atoms. The van der Waals surface area contributed by atoms with E-state index in [0.717, 1.165) is 29.5 Å². The van der Waals surface area contributed by atoms with Crippen LogP contribution in [0.5, 0.6) is 0 Å². The monoisotopic (exact) mass is 257 g/mol. The normalized spacial score (nSPS) is 12.4. The van der Waals surface area contributed by atoms with Gasteiger partial charge in [-0.05, 0) is 47.7 Å². The molecule has 0 heterocycles. The van der Waals surface area contributed by atoms with Gasteiger partial charge in [0.25, 0.3) is 0 Å². The van der Waals surface area contributed by atoms with Crippen LogP contribution in [0, 0.1) is 12.7 Å². The third kappa shape index (κ3) is 3.21. The van der Waals surface area contributed by atoms with Crippen molar-refractivity contribution < 1.29 is 4.39 Å². The van der Waals surface area contributed by atoms with Gasteiger partial charge in [-0.2, -0.15) is 0 Å². The van der Waals surface area contributed by atoms with E-state index in [9.17, 15) is 4.39 Å². The second-order valence-corrected chi connectivity index (χ2v) is 4.97. The zero-order chi connectivity index (χ0) is 13.8. The maximum atomic E-state index is 13.1. The van der Waals surface area contributed by atoms with Crippen molar-refractivity contribution in [1.82, 2.24) is 0 Å². The maximum Gasteiger partial charge on any atom is 0.123 e. The van der Waals surface area contributed by atoms with Gasteiger partial charge in [0.1, 0.15) is 5.82 Å². The van der Waals surface area contributed by atoms with E-state index in [2.05, 4.69) is 31.2 Å². The van der Waals surface area contributed by atoms with Gasteiger partial charge in [-0.3, -0.25) is 0 Å². The van der Waals surface area contributed by atoms with E-state index in [-0.39, 0.29) is 11.9 Å². The molecule has 2 heteroatoms. The van der Waals surface area contributed by atoms with Gasteiger partial charge >= 0.3 is 0 Å². The quantitative estimate of drug-likeness (QED) is 0.875. The second-order valence-electron chi connectivity index (χ2n) is 4.97. The van der Waals surface area contributed by atoms with Crippen molar-refractivity contribution in [2.45, 2.75) is 32.7 Å². The van der Waals surface area contributed by atoms with Crippen molar-refractivity contribution in [1.29, 1.82) is 0 Å². The van der Waals surface area contributed by atoms with Crippen molar-refractivity contribution >= 4 is 0 Å². The summed E-state index contributed by atoms with van der Waals surface area (Å²) in [5, 5.41) is 0. The number of nitrogens with two attached hydrogens (primary N) is 1. The third-order valence-electron chi connectivity index (χ3n) is 3.44. The molecule has 2 N–H and O–H groups in total. The minimum atomic E-state index is -0.216. The predicted molar refractivity (Wildman–Crippen MR) is 77.6 cm³/mol. The number of aryl methyl sites for hydroxylation is 2. The van der Waals surface area contributed by atoms with Gasteiger partial charge < -0.3 is 5.73 Å². The molecule has 0 saturated carbocycles. The van der Waals surface area contributed by atoms with Gasteiger partial charge in [0.15, 0.2) is 0 Å². The highest BCUT2D eigenvalue weighted by molar-refractivity contribution is 5.37. The van der Waals surface area contributed by atoms with Crippen LogP contribution in [0.2, 0.25) is 0 Å². The Labute approximate surface area is 114 Å². The zero-order valence-electron chi connectivity index (χ0n) is 11.5. The van der Waals surface area contributed by atoms with Crippen LogP contribution in [0.3, 0.4) is 0 Å². The second kappa shape index (κ2) is 5.98. The molecule has 0 radical (unpaired) electrons. The van der Waals surface area contributed by atoms with Crippen LogP contribution in [0.25, 0.3) is 0 Å². The van der Waals surface area contributed by atoms with Gasteiger partial charge in [0.2, 0.25) is 0 Å². The lowest BCUT2D eigenvalue weighted by Crippen LogP contribution is -2.13. The summed E-state index contributed by atoms with van der Waals surface area (Å²) in [6, 6.07) is 13.0. The summed E-state index contributed by atoms with van der Waals surface area (Å²) in [5.41, 5.74) is 10.5. The van der Waals surface area contributed by atoms with E-state index < -0.39 is 0 Å². The van der Waals surface area contributed by atoms with Crippen molar-refractivity contribution in [3.05, 3.63) is 70.5 Å². The molecule has 0 aliphatic rings.